The molecular formula is C6H13NO2S. The van der Waals surface area contributed by atoms with Crippen molar-refractivity contribution in [3.8, 4) is 0 Å². The van der Waals surface area contributed by atoms with Gasteiger partial charge in [0.1, 0.15) is 0 Å². The molecule has 1 fully saturated rings. The normalized spacial score (nSPS) is 24.5. The molecule has 1 unspecified atom stereocenters. The molecule has 0 amide bonds. The lowest BCUT2D eigenvalue weighted by atomic mass is 10.2. The van der Waals surface area contributed by atoms with Gasteiger partial charge in [0.2, 0.25) is 0 Å². The fourth-order valence-corrected chi connectivity index (χ4v) is 2.02. The second-order valence-corrected chi connectivity index (χ2v) is 3.90. The van der Waals surface area contributed by atoms with Gasteiger partial charge in [0, 0.05) is 0 Å². The second-order valence-electron chi connectivity index (χ2n) is 2.38. The maximum atomic E-state index is 11.0. The highest BCUT2D eigenvalue weighted by Crippen LogP contribution is 2.09. The monoisotopic (exact) mass is 163 g/mol. The van der Waals surface area contributed by atoms with Gasteiger partial charge in [-0.05, 0) is 25.9 Å². The van der Waals surface area contributed by atoms with Gasteiger partial charge in [-0.25, -0.2) is 4.21 Å². The number of hydrogen-bond donors (Lipinski definition) is 1. The molecular weight excluding hydrogens is 150 g/mol. The standard InChI is InChI=1S/C6H13NO2S/c1-9-10(8)6-2-4-7-5-3-6/h6-7H,2-5H2,1H3. The van der Waals surface area contributed by atoms with Gasteiger partial charge in [0.15, 0.2) is 11.1 Å². The van der Waals surface area contributed by atoms with Crippen LogP contribution in [-0.4, -0.2) is 29.7 Å². The molecule has 1 atom stereocenters. The van der Waals surface area contributed by atoms with Crippen LogP contribution in [-0.2, 0) is 15.3 Å². The molecule has 1 aliphatic heterocycles. The highest BCUT2D eigenvalue weighted by molar-refractivity contribution is 7.80. The molecule has 0 radical (unpaired) electrons. The highest BCUT2D eigenvalue weighted by Gasteiger charge is 2.18. The lowest BCUT2D eigenvalue weighted by Gasteiger charge is -2.20. The van der Waals surface area contributed by atoms with Crippen LogP contribution in [0.25, 0.3) is 0 Å². The molecule has 0 spiro atoms. The summed E-state index contributed by atoms with van der Waals surface area (Å²) in [6, 6.07) is 0. The lowest BCUT2D eigenvalue weighted by Crippen LogP contribution is -2.33. The van der Waals surface area contributed by atoms with Crippen LogP contribution in [0.3, 0.4) is 0 Å². The average Bonchev–Trinajstić information content (AvgIpc) is 2.05. The zero-order valence-electron chi connectivity index (χ0n) is 6.13. The third kappa shape index (κ3) is 2.04. The zero-order chi connectivity index (χ0) is 7.40. The fraction of sp³-hybridized carbons (Fsp3) is 1.00. The Labute approximate surface area is 63.8 Å². The maximum absolute atomic E-state index is 11.0. The molecule has 1 rings (SSSR count). The first kappa shape index (κ1) is 8.17. The summed E-state index contributed by atoms with van der Waals surface area (Å²) in [4.78, 5) is 0. The summed E-state index contributed by atoms with van der Waals surface area (Å²) in [5.41, 5.74) is 0. The lowest BCUT2D eigenvalue weighted by molar-refractivity contribution is 0.417. The van der Waals surface area contributed by atoms with Crippen molar-refractivity contribution in [1.82, 2.24) is 5.32 Å². The molecule has 0 saturated carbocycles. The quantitative estimate of drug-likeness (QED) is 0.625. The first-order chi connectivity index (χ1) is 4.84. The Morgan fingerprint density at radius 3 is 2.60 bits per heavy atom. The van der Waals surface area contributed by atoms with E-state index in [1.807, 2.05) is 0 Å². The molecule has 60 valence electrons. The van der Waals surface area contributed by atoms with E-state index in [0.717, 1.165) is 25.9 Å². The van der Waals surface area contributed by atoms with Gasteiger partial charge in [0.25, 0.3) is 0 Å². The molecule has 1 heterocycles. The Morgan fingerprint density at radius 2 is 2.10 bits per heavy atom. The topological polar surface area (TPSA) is 38.3 Å². The van der Waals surface area contributed by atoms with Crippen LogP contribution in [0.5, 0.6) is 0 Å². The summed E-state index contributed by atoms with van der Waals surface area (Å²) in [6.45, 7) is 1.94. The molecule has 0 aliphatic carbocycles. The van der Waals surface area contributed by atoms with E-state index in [1.54, 1.807) is 0 Å². The molecule has 1 saturated heterocycles. The minimum atomic E-state index is -1.05. The second kappa shape index (κ2) is 4.05. The van der Waals surface area contributed by atoms with Crippen molar-refractivity contribution in [1.29, 1.82) is 0 Å². The van der Waals surface area contributed by atoms with Gasteiger partial charge in [-0.2, -0.15) is 0 Å². The zero-order valence-corrected chi connectivity index (χ0v) is 6.95. The van der Waals surface area contributed by atoms with Gasteiger partial charge in [-0.15, -0.1) is 0 Å². The van der Waals surface area contributed by atoms with Crippen LogP contribution in [0.2, 0.25) is 0 Å². The van der Waals surface area contributed by atoms with Crippen molar-refractivity contribution in [2.24, 2.45) is 0 Å². The smallest absolute Gasteiger partial charge is 0.158 e. The predicted octanol–water partition coefficient (Wildman–Crippen LogP) is 0.0485. The molecule has 0 aromatic rings. The van der Waals surface area contributed by atoms with E-state index in [4.69, 9.17) is 4.18 Å². The van der Waals surface area contributed by atoms with Crippen molar-refractivity contribution >= 4 is 11.1 Å². The third-order valence-electron chi connectivity index (χ3n) is 1.72. The Morgan fingerprint density at radius 1 is 1.50 bits per heavy atom. The fourth-order valence-electron chi connectivity index (χ4n) is 1.12. The Kier molecular flexibility index (Phi) is 3.31. The van der Waals surface area contributed by atoms with E-state index in [9.17, 15) is 4.21 Å². The summed E-state index contributed by atoms with van der Waals surface area (Å²) in [7, 11) is 1.50. The van der Waals surface area contributed by atoms with Crippen LogP contribution in [0.15, 0.2) is 0 Å². The minimum Gasteiger partial charge on any atom is -0.317 e. The van der Waals surface area contributed by atoms with Crippen molar-refractivity contribution in [2.45, 2.75) is 18.1 Å². The van der Waals surface area contributed by atoms with Crippen molar-refractivity contribution in [3.63, 3.8) is 0 Å². The number of piperidine rings is 1. The van der Waals surface area contributed by atoms with Gasteiger partial charge in [-0.1, -0.05) is 0 Å². The molecule has 3 nitrogen and oxygen atoms in total. The molecule has 1 aliphatic rings. The number of nitrogens with one attached hydrogen (secondary N) is 1. The van der Waals surface area contributed by atoms with Crippen molar-refractivity contribution in [3.05, 3.63) is 0 Å². The van der Waals surface area contributed by atoms with Crippen molar-refractivity contribution < 1.29 is 8.39 Å². The summed E-state index contributed by atoms with van der Waals surface area (Å²) in [5, 5.41) is 3.46. The minimum absolute atomic E-state index is 0.256. The van der Waals surface area contributed by atoms with Crippen molar-refractivity contribution in [2.75, 3.05) is 20.2 Å². The van der Waals surface area contributed by atoms with Gasteiger partial charge >= 0.3 is 0 Å². The molecule has 0 aromatic heterocycles. The summed E-state index contributed by atoms with van der Waals surface area (Å²) in [5.74, 6) is 0. The first-order valence-corrected chi connectivity index (χ1v) is 4.64. The first-order valence-electron chi connectivity index (χ1n) is 3.50. The van der Waals surface area contributed by atoms with E-state index in [1.165, 1.54) is 7.11 Å². The third-order valence-corrected chi connectivity index (χ3v) is 3.07. The molecule has 1 N–H and O–H groups in total. The highest BCUT2D eigenvalue weighted by atomic mass is 32.2. The number of rotatable bonds is 2. The molecule has 10 heavy (non-hydrogen) atoms. The number of hydrogen-bond acceptors (Lipinski definition) is 3. The van der Waals surface area contributed by atoms with E-state index >= 15 is 0 Å². The van der Waals surface area contributed by atoms with E-state index < -0.39 is 11.1 Å². The molecule has 4 heteroatoms. The molecule has 0 bridgehead atoms. The van der Waals surface area contributed by atoms with Gasteiger partial charge in [0.05, 0.1) is 12.4 Å². The van der Waals surface area contributed by atoms with Gasteiger partial charge in [-0.3, -0.25) is 4.18 Å². The van der Waals surface area contributed by atoms with Crippen LogP contribution < -0.4 is 5.32 Å². The summed E-state index contributed by atoms with van der Waals surface area (Å²) >= 11 is -1.05. The Hall–Kier alpha value is 0.0700. The Balaban J connectivity index is 2.31. The SMILES string of the molecule is COS(=O)C1CCNCC1. The van der Waals surface area contributed by atoms with E-state index in [2.05, 4.69) is 5.32 Å². The maximum Gasteiger partial charge on any atom is 0.158 e. The van der Waals surface area contributed by atoms with Crippen LogP contribution in [0, 0.1) is 0 Å². The summed E-state index contributed by atoms with van der Waals surface area (Å²) < 4.78 is 15.8. The molecule has 0 aromatic carbocycles. The largest absolute Gasteiger partial charge is 0.317 e. The average molecular weight is 163 g/mol. The van der Waals surface area contributed by atoms with E-state index in [0.29, 0.717) is 0 Å². The van der Waals surface area contributed by atoms with Crippen LogP contribution in [0.4, 0.5) is 0 Å². The van der Waals surface area contributed by atoms with E-state index in [-0.39, 0.29) is 5.25 Å². The van der Waals surface area contributed by atoms with Crippen LogP contribution in [0.1, 0.15) is 12.8 Å². The predicted molar refractivity (Wildman–Crippen MR) is 41.0 cm³/mol. The Bertz CT molecular complexity index is 123. The summed E-state index contributed by atoms with van der Waals surface area (Å²) in [6.07, 6.45) is 1.95. The van der Waals surface area contributed by atoms with Gasteiger partial charge < -0.3 is 5.32 Å². The van der Waals surface area contributed by atoms with Crippen LogP contribution >= 0.6 is 0 Å².